The number of aromatic nitrogens is 2. The Balaban J connectivity index is 0.881. The minimum Gasteiger partial charge on any atom is -0.350 e. The fourth-order valence-electron chi connectivity index (χ4n) is 9.30. The van der Waals surface area contributed by atoms with Crippen molar-refractivity contribution in [2.45, 2.75) is 24.9 Å². The average Bonchev–Trinajstić information content (AvgIpc) is 3.79. The molecule has 1 fully saturated rings. The summed E-state index contributed by atoms with van der Waals surface area (Å²) < 4.78 is 2.38. The van der Waals surface area contributed by atoms with Crippen LogP contribution in [-0.4, -0.2) is 26.8 Å². The van der Waals surface area contributed by atoms with Crippen LogP contribution in [0, 0.1) is 0 Å². The van der Waals surface area contributed by atoms with Gasteiger partial charge >= 0.3 is 0 Å². The Morgan fingerprint density at radius 2 is 1.07 bits per heavy atom. The molecular weight excluding hydrogens is 721 g/mol. The number of aliphatic imine (C=N–C) groups is 1. The highest BCUT2D eigenvalue weighted by Crippen LogP contribution is 2.51. The summed E-state index contributed by atoms with van der Waals surface area (Å²) in [5, 5.41) is 10.1. The Bertz CT molecular complexity index is 3030. The third kappa shape index (κ3) is 5.87. The van der Waals surface area contributed by atoms with Crippen LogP contribution in [0.1, 0.15) is 46.2 Å². The molecule has 59 heavy (non-hydrogen) atoms. The zero-order valence-electron chi connectivity index (χ0n) is 32.3. The summed E-state index contributed by atoms with van der Waals surface area (Å²) in [7, 11) is 0. The molecule has 3 aliphatic heterocycles. The molecule has 1 aromatic heterocycles. The average molecular weight is 761 g/mol. The van der Waals surface area contributed by atoms with Crippen molar-refractivity contribution in [3.8, 4) is 39.3 Å². The van der Waals surface area contributed by atoms with Gasteiger partial charge in [0.25, 0.3) is 0 Å². The summed E-state index contributed by atoms with van der Waals surface area (Å²) in [5.41, 5.74) is 15.4. The van der Waals surface area contributed by atoms with Crippen LogP contribution in [0.3, 0.4) is 0 Å². The van der Waals surface area contributed by atoms with Gasteiger partial charge in [-0.3, -0.25) is 14.8 Å². The lowest BCUT2D eigenvalue weighted by molar-refractivity contribution is 0.409. The van der Waals surface area contributed by atoms with Crippen molar-refractivity contribution in [1.82, 2.24) is 25.1 Å². The highest BCUT2D eigenvalue weighted by molar-refractivity contribution is 6.10. The maximum Gasteiger partial charge on any atom is 0.145 e. The first-order valence-corrected chi connectivity index (χ1v) is 20.5. The summed E-state index contributed by atoms with van der Waals surface area (Å²) in [6.45, 7) is 2.12. The topological polar surface area (TPSA) is 57.2 Å². The lowest BCUT2D eigenvalue weighted by atomic mass is 9.96. The second kappa shape index (κ2) is 13.8. The second-order valence-electron chi connectivity index (χ2n) is 15.9. The zero-order chi connectivity index (χ0) is 38.9. The van der Waals surface area contributed by atoms with Gasteiger partial charge in [-0.25, -0.2) is 9.98 Å². The van der Waals surface area contributed by atoms with Crippen LogP contribution in [0.4, 0.5) is 0 Å². The quantitative estimate of drug-likeness (QED) is 0.159. The first-order valence-electron chi connectivity index (χ1n) is 20.5. The smallest absolute Gasteiger partial charge is 0.145 e. The minimum atomic E-state index is -0.195. The highest BCUT2D eigenvalue weighted by Gasteiger charge is 2.45. The maximum atomic E-state index is 5.45. The molecule has 282 valence electrons. The third-order valence-electron chi connectivity index (χ3n) is 12.3. The fraction of sp³-hybridized carbons (Fsp3) is 0.0943. The Kier molecular flexibility index (Phi) is 7.93. The number of nitrogens with zero attached hydrogens (tertiary/aromatic N) is 4. The van der Waals surface area contributed by atoms with Crippen LogP contribution in [0.5, 0.6) is 0 Å². The first-order chi connectivity index (χ1) is 29.2. The molecule has 4 unspecified atom stereocenters. The van der Waals surface area contributed by atoms with E-state index in [2.05, 4.69) is 202 Å². The van der Waals surface area contributed by atoms with Crippen molar-refractivity contribution in [1.29, 1.82) is 0 Å². The van der Waals surface area contributed by atoms with Gasteiger partial charge in [0.1, 0.15) is 24.0 Å². The third-order valence-corrected chi connectivity index (χ3v) is 12.3. The molecule has 0 spiro atoms. The zero-order valence-corrected chi connectivity index (χ0v) is 32.3. The van der Waals surface area contributed by atoms with Gasteiger partial charge < -0.3 is 5.32 Å². The molecule has 6 nitrogen and oxygen atoms in total. The van der Waals surface area contributed by atoms with E-state index in [1.807, 2.05) is 6.07 Å². The van der Waals surface area contributed by atoms with Gasteiger partial charge in [-0.1, -0.05) is 176 Å². The predicted octanol–water partition coefficient (Wildman–Crippen LogP) is 11.4. The molecule has 6 heteroatoms. The Hall–Kier alpha value is -7.12. The molecule has 4 atom stereocenters. The highest BCUT2D eigenvalue weighted by atomic mass is 15.3. The van der Waals surface area contributed by atoms with Crippen molar-refractivity contribution in [2.75, 3.05) is 6.54 Å². The molecule has 8 aromatic carbocycles. The van der Waals surface area contributed by atoms with Gasteiger partial charge in [0.05, 0.1) is 11.0 Å². The lowest BCUT2D eigenvalue weighted by Gasteiger charge is -2.32. The monoisotopic (exact) mass is 760 g/mol. The predicted molar refractivity (Wildman–Crippen MR) is 239 cm³/mol. The van der Waals surface area contributed by atoms with E-state index in [9.17, 15) is 0 Å². The molecule has 9 aromatic rings. The van der Waals surface area contributed by atoms with Crippen LogP contribution >= 0.6 is 0 Å². The molecular formula is C53H40N6. The molecule has 0 bridgehead atoms. The van der Waals surface area contributed by atoms with Crippen LogP contribution in [0.25, 0.3) is 61.1 Å². The van der Waals surface area contributed by atoms with Crippen LogP contribution < -0.4 is 10.6 Å². The molecule has 0 saturated carbocycles. The van der Waals surface area contributed by atoms with Gasteiger partial charge in [-0.05, 0) is 62.0 Å². The van der Waals surface area contributed by atoms with Crippen molar-refractivity contribution in [2.24, 2.45) is 4.99 Å². The summed E-state index contributed by atoms with van der Waals surface area (Å²) in [6, 6.07) is 67.6. The number of hydrogen-bond acceptors (Lipinski definition) is 5. The van der Waals surface area contributed by atoms with E-state index < -0.39 is 0 Å². The largest absolute Gasteiger partial charge is 0.350 e. The minimum absolute atomic E-state index is 0.119. The molecule has 0 radical (unpaired) electrons. The normalized spacial score (nSPS) is 19.2. The van der Waals surface area contributed by atoms with Crippen LogP contribution in [-0.2, 0) is 6.54 Å². The van der Waals surface area contributed by atoms with E-state index in [1.54, 1.807) is 0 Å². The second-order valence-corrected chi connectivity index (χ2v) is 15.9. The lowest BCUT2D eigenvalue weighted by Crippen LogP contribution is -2.44. The maximum absolute atomic E-state index is 5.45. The molecule has 1 saturated heterocycles. The number of amidine groups is 1. The Morgan fingerprint density at radius 3 is 1.76 bits per heavy atom. The SMILES string of the molecule is c1ccc(-c2ccc(C3NC(c4ccc(-c5ccc(-n6c(-c7ccccc7)nc7c8c(c9ccccc9c76)C6CN6C8)cc5)cc4)=NC(c4ccccc4)N3)cc2)cc1. The Labute approximate surface area is 343 Å². The van der Waals surface area contributed by atoms with Crippen LogP contribution in [0.2, 0.25) is 0 Å². The van der Waals surface area contributed by atoms with Gasteiger partial charge in [0.15, 0.2) is 0 Å². The van der Waals surface area contributed by atoms with Gasteiger partial charge in [0, 0.05) is 41.3 Å². The van der Waals surface area contributed by atoms with Crippen molar-refractivity contribution in [3.05, 3.63) is 216 Å². The molecule has 4 heterocycles. The number of fused-ring (bicyclic) bond motifs is 8. The van der Waals surface area contributed by atoms with E-state index in [0.717, 1.165) is 69.3 Å². The molecule has 2 N–H and O–H groups in total. The van der Waals surface area contributed by atoms with Gasteiger partial charge in [-0.2, -0.15) is 0 Å². The van der Waals surface area contributed by atoms with E-state index >= 15 is 0 Å². The van der Waals surface area contributed by atoms with Gasteiger partial charge in [-0.15, -0.1) is 0 Å². The van der Waals surface area contributed by atoms with E-state index in [4.69, 9.17) is 9.98 Å². The van der Waals surface area contributed by atoms with Crippen LogP contribution in [0.15, 0.2) is 193 Å². The number of imidazole rings is 1. The van der Waals surface area contributed by atoms with E-state index in [-0.39, 0.29) is 12.3 Å². The number of benzene rings is 8. The summed E-state index contributed by atoms with van der Waals surface area (Å²) in [4.78, 5) is 13.2. The molecule has 0 amide bonds. The summed E-state index contributed by atoms with van der Waals surface area (Å²) in [6.07, 6.45) is -0.314. The van der Waals surface area contributed by atoms with Gasteiger partial charge in [0.2, 0.25) is 0 Å². The van der Waals surface area contributed by atoms with Crippen molar-refractivity contribution in [3.63, 3.8) is 0 Å². The summed E-state index contributed by atoms with van der Waals surface area (Å²) >= 11 is 0. The molecule has 3 aliphatic rings. The summed E-state index contributed by atoms with van der Waals surface area (Å²) in [5.74, 6) is 1.84. The first kappa shape index (κ1) is 34.0. The van der Waals surface area contributed by atoms with Crippen molar-refractivity contribution >= 4 is 27.6 Å². The van der Waals surface area contributed by atoms with Crippen molar-refractivity contribution < 1.29 is 0 Å². The van der Waals surface area contributed by atoms with E-state index in [0.29, 0.717) is 6.04 Å². The number of hydrogen-bond donors (Lipinski definition) is 2. The number of rotatable bonds is 7. The fourth-order valence-corrected chi connectivity index (χ4v) is 9.30. The number of nitrogens with one attached hydrogen (secondary N) is 2. The molecule has 12 rings (SSSR count). The van der Waals surface area contributed by atoms with E-state index in [1.165, 1.54) is 38.5 Å². The molecule has 0 aliphatic carbocycles. The Morgan fingerprint density at radius 1 is 0.508 bits per heavy atom. The standard InChI is InChI=1S/C53H40N6/c1-4-12-34(13-5-1)35-20-24-39(25-21-35)51-55-50(38-14-6-2-7-15-38)56-52(57-51)40-26-22-36(23-27-40)37-28-30-42(31-29-37)59-49-44-19-11-10-18-43(44)47-45(32-58-33-46(47)58)48(49)54-53(59)41-16-8-3-9-17-41/h1-31,46,50-51,55H,32-33H2,(H,56,57).